The van der Waals surface area contributed by atoms with Gasteiger partial charge < -0.3 is 10.1 Å². The number of benzene rings is 1. The molecule has 0 amide bonds. The van der Waals surface area contributed by atoms with Crippen LogP contribution in [0.1, 0.15) is 37.8 Å². The number of nitrogens with one attached hydrogen (secondary N) is 1. The Bertz CT molecular complexity index is 452. The average molecular weight is 263 g/mol. The van der Waals surface area contributed by atoms with Gasteiger partial charge in [0.1, 0.15) is 11.6 Å². The van der Waals surface area contributed by atoms with E-state index in [-0.39, 0.29) is 11.9 Å². The zero-order chi connectivity index (χ0) is 13.4. The molecule has 3 rings (SSSR count). The highest BCUT2D eigenvalue weighted by molar-refractivity contribution is 5.31. The SMILES string of the molecule is CCNC(c1ccc(OC)cc1F)C1CC2CC2C1. The van der Waals surface area contributed by atoms with E-state index in [9.17, 15) is 4.39 Å². The first kappa shape index (κ1) is 12.9. The van der Waals surface area contributed by atoms with E-state index in [1.54, 1.807) is 7.11 Å². The highest BCUT2D eigenvalue weighted by Crippen LogP contribution is 2.57. The van der Waals surface area contributed by atoms with Gasteiger partial charge in [-0.25, -0.2) is 4.39 Å². The van der Waals surface area contributed by atoms with Crippen LogP contribution in [0, 0.1) is 23.6 Å². The normalized spacial score (nSPS) is 29.9. The molecular formula is C16H22FNO. The summed E-state index contributed by atoms with van der Waals surface area (Å²) in [5, 5.41) is 3.48. The van der Waals surface area contributed by atoms with Gasteiger partial charge in [0.05, 0.1) is 7.11 Å². The van der Waals surface area contributed by atoms with E-state index in [1.165, 1.54) is 25.3 Å². The van der Waals surface area contributed by atoms with Gasteiger partial charge >= 0.3 is 0 Å². The molecule has 19 heavy (non-hydrogen) atoms. The highest BCUT2D eigenvalue weighted by atomic mass is 19.1. The molecule has 0 aromatic heterocycles. The number of fused-ring (bicyclic) bond motifs is 1. The summed E-state index contributed by atoms with van der Waals surface area (Å²) < 4.78 is 19.3. The minimum absolute atomic E-state index is 0.147. The molecule has 3 unspecified atom stereocenters. The summed E-state index contributed by atoms with van der Waals surface area (Å²) in [4.78, 5) is 0. The maximum absolute atomic E-state index is 14.3. The summed E-state index contributed by atoms with van der Waals surface area (Å²) in [6.45, 7) is 2.96. The van der Waals surface area contributed by atoms with Gasteiger partial charge in [-0.05, 0) is 49.6 Å². The van der Waals surface area contributed by atoms with E-state index < -0.39 is 0 Å². The van der Waals surface area contributed by atoms with Gasteiger partial charge in [0.2, 0.25) is 0 Å². The number of methoxy groups -OCH3 is 1. The van der Waals surface area contributed by atoms with Crippen molar-refractivity contribution in [1.82, 2.24) is 5.32 Å². The lowest BCUT2D eigenvalue weighted by Gasteiger charge is -2.26. The second-order valence-electron chi connectivity index (χ2n) is 5.91. The Morgan fingerprint density at radius 2 is 2.05 bits per heavy atom. The van der Waals surface area contributed by atoms with Crippen LogP contribution in [0.5, 0.6) is 5.75 Å². The van der Waals surface area contributed by atoms with Crippen LogP contribution in [0.3, 0.4) is 0 Å². The van der Waals surface area contributed by atoms with Crippen molar-refractivity contribution < 1.29 is 9.13 Å². The predicted octanol–water partition coefficient (Wildman–Crippen LogP) is 3.53. The summed E-state index contributed by atoms with van der Waals surface area (Å²) >= 11 is 0. The maximum atomic E-state index is 14.3. The molecule has 2 saturated carbocycles. The van der Waals surface area contributed by atoms with Crippen LogP contribution >= 0.6 is 0 Å². The molecule has 0 bridgehead atoms. The Labute approximate surface area is 114 Å². The Balaban J connectivity index is 1.82. The Kier molecular flexibility index (Phi) is 3.48. The standard InChI is InChI=1S/C16H22FNO/c1-3-18-16(12-7-10-6-11(10)8-12)14-5-4-13(19-2)9-15(14)17/h4-5,9-12,16,18H,3,6-8H2,1-2H3. The number of hydrogen-bond donors (Lipinski definition) is 1. The van der Waals surface area contributed by atoms with Crippen molar-refractivity contribution in [1.29, 1.82) is 0 Å². The predicted molar refractivity (Wildman–Crippen MR) is 73.7 cm³/mol. The fraction of sp³-hybridized carbons (Fsp3) is 0.625. The first-order valence-corrected chi connectivity index (χ1v) is 7.29. The first-order valence-electron chi connectivity index (χ1n) is 7.29. The number of ether oxygens (including phenoxy) is 1. The summed E-state index contributed by atoms with van der Waals surface area (Å²) in [5.74, 6) is 2.88. The van der Waals surface area contributed by atoms with Gasteiger partial charge in [0, 0.05) is 17.7 Å². The molecule has 2 nitrogen and oxygen atoms in total. The molecular weight excluding hydrogens is 241 g/mol. The van der Waals surface area contributed by atoms with Gasteiger partial charge in [-0.3, -0.25) is 0 Å². The van der Waals surface area contributed by atoms with Crippen molar-refractivity contribution in [3.8, 4) is 5.75 Å². The molecule has 0 heterocycles. The molecule has 0 aliphatic heterocycles. The molecule has 1 N–H and O–H groups in total. The van der Waals surface area contributed by atoms with E-state index in [0.29, 0.717) is 11.7 Å². The zero-order valence-corrected chi connectivity index (χ0v) is 11.7. The van der Waals surface area contributed by atoms with E-state index in [1.807, 2.05) is 12.1 Å². The number of rotatable bonds is 5. The van der Waals surface area contributed by atoms with Crippen molar-refractivity contribution in [2.45, 2.75) is 32.2 Å². The maximum Gasteiger partial charge on any atom is 0.131 e. The van der Waals surface area contributed by atoms with Crippen molar-refractivity contribution in [3.05, 3.63) is 29.6 Å². The molecule has 0 saturated heterocycles. The van der Waals surface area contributed by atoms with Crippen molar-refractivity contribution >= 4 is 0 Å². The van der Waals surface area contributed by atoms with Crippen LogP contribution in [-0.4, -0.2) is 13.7 Å². The number of hydrogen-bond acceptors (Lipinski definition) is 2. The third-order valence-corrected chi connectivity index (χ3v) is 4.72. The van der Waals surface area contributed by atoms with Crippen LogP contribution in [0.2, 0.25) is 0 Å². The minimum Gasteiger partial charge on any atom is -0.497 e. The van der Waals surface area contributed by atoms with Gasteiger partial charge in [-0.1, -0.05) is 13.0 Å². The number of halogens is 1. The summed E-state index contributed by atoms with van der Waals surface area (Å²) in [7, 11) is 1.57. The molecule has 3 atom stereocenters. The van der Waals surface area contributed by atoms with Crippen LogP contribution in [0.4, 0.5) is 4.39 Å². The van der Waals surface area contributed by atoms with Crippen LogP contribution in [0.25, 0.3) is 0 Å². The van der Waals surface area contributed by atoms with Gasteiger partial charge in [-0.2, -0.15) is 0 Å². The molecule has 1 aromatic carbocycles. The quantitative estimate of drug-likeness (QED) is 0.877. The fourth-order valence-corrected chi connectivity index (χ4v) is 3.67. The molecule has 0 radical (unpaired) electrons. The average Bonchev–Trinajstić information content (AvgIpc) is 3.03. The van der Waals surface area contributed by atoms with E-state index >= 15 is 0 Å². The van der Waals surface area contributed by atoms with E-state index in [0.717, 1.165) is 23.9 Å². The van der Waals surface area contributed by atoms with Crippen molar-refractivity contribution in [2.24, 2.45) is 17.8 Å². The highest BCUT2D eigenvalue weighted by Gasteiger charge is 2.48. The molecule has 0 spiro atoms. The second-order valence-corrected chi connectivity index (χ2v) is 5.91. The summed E-state index contributed by atoms with van der Waals surface area (Å²) in [5.41, 5.74) is 0.800. The smallest absolute Gasteiger partial charge is 0.131 e. The lowest BCUT2D eigenvalue weighted by atomic mass is 9.88. The molecule has 1 aromatic rings. The van der Waals surface area contributed by atoms with E-state index in [4.69, 9.17) is 4.74 Å². The van der Waals surface area contributed by atoms with Gasteiger partial charge in [0.15, 0.2) is 0 Å². The first-order chi connectivity index (χ1) is 9.22. The zero-order valence-electron chi connectivity index (χ0n) is 11.7. The molecule has 2 aliphatic rings. The van der Waals surface area contributed by atoms with Crippen LogP contribution < -0.4 is 10.1 Å². The summed E-state index contributed by atoms with van der Waals surface area (Å²) in [6, 6.07) is 5.39. The minimum atomic E-state index is -0.147. The van der Waals surface area contributed by atoms with Gasteiger partial charge in [0.25, 0.3) is 0 Å². The molecule has 104 valence electrons. The monoisotopic (exact) mass is 263 g/mol. The topological polar surface area (TPSA) is 21.3 Å². The van der Waals surface area contributed by atoms with Crippen molar-refractivity contribution in [2.75, 3.05) is 13.7 Å². The van der Waals surface area contributed by atoms with Crippen LogP contribution in [-0.2, 0) is 0 Å². The Morgan fingerprint density at radius 3 is 2.63 bits per heavy atom. The molecule has 3 heteroatoms. The van der Waals surface area contributed by atoms with E-state index in [2.05, 4.69) is 12.2 Å². The Morgan fingerprint density at radius 1 is 1.32 bits per heavy atom. The van der Waals surface area contributed by atoms with Crippen LogP contribution in [0.15, 0.2) is 18.2 Å². The Hall–Kier alpha value is -1.09. The molecule has 2 aliphatic carbocycles. The third-order valence-electron chi connectivity index (χ3n) is 4.72. The molecule has 2 fully saturated rings. The lowest BCUT2D eigenvalue weighted by Crippen LogP contribution is -2.28. The third kappa shape index (κ3) is 2.48. The largest absolute Gasteiger partial charge is 0.497 e. The van der Waals surface area contributed by atoms with Gasteiger partial charge in [-0.15, -0.1) is 0 Å². The second kappa shape index (κ2) is 5.12. The lowest BCUT2D eigenvalue weighted by molar-refractivity contribution is 0.336. The summed E-state index contributed by atoms with van der Waals surface area (Å²) in [6.07, 6.45) is 3.92. The van der Waals surface area contributed by atoms with Crippen molar-refractivity contribution in [3.63, 3.8) is 0 Å². The fourth-order valence-electron chi connectivity index (χ4n) is 3.67.